The van der Waals surface area contributed by atoms with Crippen molar-refractivity contribution in [3.63, 3.8) is 0 Å². The van der Waals surface area contributed by atoms with Crippen molar-refractivity contribution in [2.45, 2.75) is 76.2 Å². The van der Waals surface area contributed by atoms with Crippen molar-refractivity contribution in [2.24, 2.45) is 0 Å². The summed E-state index contributed by atoms with van der Waals surface area (Å²) in [6.07, 6.45) is 2.04. The largest absolute Gasteiger partial charge is 0.325 e. The highest BCUT2D eigenvalue weighted by atomic mass is 16.1. The Labute approximate surface area is 431 Å². The van der Waals surface area contributed by atoms with Crippen molar-refractivity contribution in [1.29, 1.82) is 5.26 Å². The van der Waals surface area contributed by atoms with Gasteiger partial charge in [-0.25, -0.2) is 4.98 Å². The first kappa shape index (κ1) is 40.7. The van der Waals surface area contributed by atoms with E-state index in [-0.39, 0.29) is 40.4 Å². The van der Waals surface area contributed by atoms with E-state index >= 15 is 4.79 Å². The molecule has 5 heterocycles. The van der Waals surface area contributed by atoms with E-state index in [1.54, 1.807) is 0 Å². The molecule has 0 spiro atoms. The maximum absolute atomic E-state index is 15.5. The molecule has 4 bridgehead atoms. The second-order valence-corrected chi connectivity index (χ2v) is 24.4. The number of hydrogen-bond donors (Lipinski definition) is 0. The number of fused-ring (bicyclic) bond motifs is 14. The molecule has 0 radical (unpaired) electrons. The molecule has 0 fully saturated rings. The maximum Gasteiger partial charge on any atom is 0.175 e. The Morgan fingerprint density at radius 3 is 1.55 bits per heavy atom. The molecular formula is C69H47N5O. The number of imidazole rings is 1. The Hall–Kier alpha value is -8.79. The fourth-order valence-corrected chi connectivity index (χ4v) is 15.7. The fraction of sp³-hybridized carbons (Fsp3) is 0.174. The smallest absolute Gasteiger partial charge is 0.175 e. The van der Waals surface area contributed by atoms with Gasteiger partial charge in [-0.2, -0.15) is 5.26 Å². The van der Waals surface area contributed by atoms with E-state index in [0.717, 1.165) is 71.9 Å². The Kier molecular flexibility index (Phi) is 7.01. The van der Waals surface area contributed by atoms with Crippen molar-refractivity contribution < 1.29 is 4.79 Å². The van der Waals surface area contributed by atoms with Gasteiger partial charge in [-0.15, -0.1) is 0 Å². The van der Waals surface area contributed by atoms with Crippen LogP contribution in [0.2, 0.25) is 0 Å². The lowest BCUT2D eigenvalue weighted by Crippen LogP contribution is -2.28. The van der Waals surface area contributed by atoms with E-state index in [9.17, 15) is 5.26 Å². The van der Waals surface area contributed by atoms with E-state index in [1.807, 2.05) is 6.33 Å². The minimum absolute atomic E-state index is 0.0227. The van der Waals surface area contributed by atoms with Crippen molar-refractivity contribution in [2.75, 3.05) is 0 Å². The van der Waals surface area contributed by atoms with Gasteiger partial charge in [-0.05, 0) is 141 Å². The van der Waals surface area contributed by atoms with Gasteiger partial charge in [-0.1, -0.05) is 118 Å². The predicted molar refractivity (Wildman–Crippen MR) is 302 cm³/mol. The van der Waals surface area contributed by atoms with Crippen LogP contribution in [0.3, 0.4) is 0 Å². The molecule has 14 aromatic rings. The van der Waals surface area contributed by atoms with E-state index < -0.39 is 0 Å². The summed E-state index contributed by atoms with van der Waals surface area (Å²) in [6, 6.07) is 56.9. The molecular weight excluding hydrogens is 915 g/mol. The first-order valence-electron chi connectivity index (χ1n) is 26.6. The SMILES string of the molecule is CC(C)(C)c1cc2c3cc4c(cc3n3c5cc6c7c8c(cc9c%10c%11c(c(C#N)cc%10n(c6cc5c(c1)c23)c97)C1c2ccccc2C%11c2ccccc21)ncn8C(C)(C)C)C(=O)C1c2ccccc2C4c2ccccc21. The second-order valence-electron chi connectivity index (χ2n) is 24.4. The highest BCUT2D eigenvalue weighted by Gasteiger charge is 2.46. The lowest BCUT2D eigenvalue weighted by atomic mass is 9.59. The number of carbonyl (C=O) groups is 1. The summed E-state index contributed by atoms with van der Waals surface area (Å²) in [7, 11) is 0. The number of carbonyl (C=O) groups excluding carboxylic acids is 1. The predicted octanol–water partition coefficient (Wildman–Crippen LogP) is 16.1. The zero-order valence-corrected chi connectivity index (χ0v) is 42.4. The van der Waals surface area contributed by atoms with Gasteiger partial charge in [0.2, 0.25) is 0 Å². The topological polar surface area (TPSA) is 67.5 Å². The van der Waals surface area contributed by atoms with Crippen LogP contribution in [-0.2, 0) is 11.0 Å². The zero-order chi connectivity index (χ0) is 50.0. The maximum atomic E-state index is 15.5. The molecule has 0 atom stereocenters. The summed E-state index contributed by atoms with van der Waals surface area (Å²) in [6.45, 7) is 13.7. The molecule has 0 aliphatic heterocycles. The van der Waals surface area contributed by atoms with Gasteiger partial charge >= 0.3 is 0 Å². The van der Waals surface area contributed by atoms with Gasteiger partial charge in [0.1, 0.15) is 0 Å². The number of rotatable bonds is 0. The molecule has 6 aliphatic carbocycles. The van der Waals surface area contributed by atoms with Crippen LogP contribution in [0.15, 0.2) is 152 Å². The molecule has 6 heteroatoms. The minimum atomic E-state index is -0.360. The van der Waals surface area contributed by atoms with Gasteiger partial charge < -0.3 is 13.4 Å². The first-order chi connectivity index (χ1) is 36.4. The van der Waals surface area contributed by atoms with Crippen LogP contribution < -0.4 is 0 Å². The molecule has 0 saturated carbocycles. The average molecular weight is 962 g/mol. The molecule has 0 unspecified atom stereocenters. The third-order valence-corrected chi connectivity index (χ3v) is 18.7. The molecule has 0 N–H and O–H groups in total. The number of nitrogens with zero attached hydrogens (tertiary/aromatic N) is 5. The number of Topliss-reactive ketones (excluding diaryl/α,β-unsaturated/α-hetero) is 1. The Morgan fingerprint density at radius 1 is 0.467 bits per heavy atom. The summed E-state index contributed by atoms with van der Waals surface area (Å²) in [5.74, 6) is -0.299. The van der Waals surface area contributed by atoms with Gasteiger partial charge in [0.25, 0.3) is 0 Å². The minimum Gasteiger partial charge on any atom is -0.325 e. The summed E-state index contributed by atoms with van der Waals surface area (Å²) >= 11 is 0. The van der Waals surface area contributed by atoms with Crippen molar-refractivity contribution in [3.05, 3.63) is 230 Å². The average Bonchev–Trinajstić information content (AvgIpc) is 4.42. The van der Waals surface area contributed by atoms with E-state index in [0.29, 0.717) is 0 Å². The van der Waals surface area contributed by atoms with E-state index in [2.05, 4.69) is 207 Å². The van der Waals surface area contributed by atoms with Gasteiger partial charge in [0, 0.05) is 71.9 Å². The number of ketones is 1. The molecule has 354 valence electrons. The van der Waals surface area contributed by atoms with Crippen LogP contribution in [0.25, 0.3) is 87.2 Å². The molecule has 6 aliphatic rings. The summed E-state index contributed by atoms with van der Waals surface area (Å²) in [4.78, 5) is 20.7. The molecule has 0 amide bonds. The van der Waals surface area contributed by atoms with Gasteiger partial charge in [-0.3, -0.25) is 4.79 Å². The number of hydrogen-bond acceptors (Lipinski definition) is 3. The Bertz CT molecular complexity index is 5000. The quantitative estimate of drug-likeness (QED) is 0.152. The van der Waals surface area contributed by atoms with Crippen molar-refractivity contribution in [1.82, 2.24) is 18.4 Å². The first-order valence-corrected chi connectivity index (χ1v) is 26.6. The highest BCUT2D eigenvalue weighted by molar-refractivity contribution is 6.34. The third kappa shape index (κ3) is 4.59. The Balaban J connectivity index is 1.01. The van der Waals surface area contributed by atoms with E-state index in [1.165, 1.54) is 93.2 Å². The van der Waals surface area contributed by atoms with Crippen molar-refractivity contribution in [3.8, 4) is 6.07 Å². The molecule has 75 heavy (non-hydrogen) atoms. The fourth-order valence-electron chi connectivity index (χ4n) is 15.7. The zero-order valence-electron chi connectivity index (χ0n) is 42.4. The summed E-state index contributed by atoms with van der Waals surface area (Å²) in [5, 5.41) is 20.9. The highest BCUT2D eigenvalue weighted by Crippen LogP contribution is 2.61. The number of nitriles is 1. The monoisotopic (exact) mass is 961 g/mol. The molecule has 20 rings (SSSR count). The lowest BCUT2D eigenvalue weighted by Gasteiger charge is -2.43. The molecule has 6 nitrogen and oxygen atoms in total. The molecule has 9 aromatic carbocycles. The van der Waals surface area contributed by atoms with Crippen molar-refractivity contribution >= 4 is 93.0 Å². The summed E-state index contributed by atoms with van der Waals surface area (Å²) < 4.78 is 7.37. The van der Waals surface area contributed by atoms with Crippen LogP contribution in [0, 0.1) is 11.3 Å². The van der Waals surface area contributed by atoms with Gasteiger partial charge in [0.15, 0.2) is 5.78 Å². The van der Waals surface area contributed by atoms with Crippen LogP contribution >= 0.6 is 0 Å². The summed E-state index contributed by atoms with van der Waals surface area (Å²) in [5.41, 5.74) is 24.7. The van der Waals surface area contributed by atoms with Crippen LogP contribution in [-0.4, -0.2) is 24.1 Å². The standard InChI is InChI=1S/C69H47N5O/c1-68(2,3)34-24-46-43-26-45-48(67(75)60-41-21-13-7-15-35(41)57(45)36-16-8-14-22-42(36)60)29-52(43)73-53-30-49-54(28-44(53)47(25-34)64(46)73)74-55-23-33(31-70)56-58-37-17-9-11-19-39(37)59(40-20-12-10-18-38(40)58)63(56)61(55)50-27-51-66(62(49)65(50)74)72(32-71-51)69(4,5)6/h7-30,32,57-60H,1-6H3. The van der Waals surface area contributed by atoms with Crippen LogP contribution in [0.1, 0.15) is 148 Å². The second kappa shape index (κ2) is 12.9. The van der Waals surface area contributed by atoms with Crippen LogP contribution in [0.5, 0.6) is 0 Å². The molecule has 5 aromatic heterocycles. The van der Waals surface area contributed by atoms with Crippen LogP contribution in [0.4, 0.5) is 0 Å². The Morgan fingerprint density at radius 2 is 0.973 bits per heavy atom. The third-order valence-electron chi connectivity index (χ3n) is 18.7. The number of benzene rings is 9. The normalized spacial score (nSPS) is 18.5. The molecule has 0 saturated heterocycles. The number of aromatic nitrogens is 4. The lowest BCUT2D eigenvalue weighted by molar-refractivity contribution is 0.0974. The van der Waals surface area contributed by atoms with Gasteiger partial charge in [0.05, 0.1) is 68.0 Å². The van der Waals surface area contributed by atoms with E-state index in [4.69, 9.17) is 4.98 Å².